The van der Waals surface area contributed by atoms with Gasteiger partial charge in [0.1, 0.15) is 12.1 Å². The van der Waals surface area contributed by atoms with E-state index in [2.05, 4.69) is 64.9 Å². The van der Waals surface area contributed by atoms with Crippen molar-refractivity contribution < 1.29 is 9.59 Å². The number of hydrogen-bond acceptors (Lipinski definition) is 5. The van der Waals surface area contributed by atoms with Crippen molar-refractivity contribution in [1.82, 2.24) is 20.4 Å². The minimum Gasteiger partial charge on any atom is -0.368 e. The molecule has 0 aliphatic carbocycles. The van der Waals surface area contributed by atoms with Crippen molar-refractivity contribution in [3.63, 3.8) is 0 Å². The molecule has 0 radical (unpaired) electrons. The lowest BCUT2D eigenvalue weighted by Crippen LogP contribution is -2.57. The second-order valence-corrected chi connectivity index (χ2v) is 11.3. The van der Waals surface area contributed by atoms with Crippen molar-refractivity contribution >= 4 is 29.1 Å². The summed E-state index contributed by atoms with van der Waals surface area (Å²) in [6, 6.07) is 22.8. The minimum atomic E-state index is -0.669. The van der Waals surface area contributed by atoms with Gasteiger partial charge in [0.05, 0.1) is 0 Å². The lowest BCUT2D eigenvalue weighted by Gasteiger charge is -2.39. The molecule has 5 rings (SSSR count). The van der Waals surface area contributed by atoms with Gasteiger partial charge in [0.2, 0.25) is 11.8 Å². The molecule has 8 heteroatoms. The zero-order valence-corrected chi connectivity index (χ0v) is 24.0. The maximum absolute atomic E-state index is 13.9. The normalized spacial score (nSPS) is 17.9. The SMILES string of the molecule is CN(C)Cc1ccccc1N1CCN(C(=O)[C@@H](Cc2ccc(Cl)cc2)NC(=O)C2NCCc3ccccc32)CC1. The lowest BCUT2D eigenvalue weighted by atomic mass is 9.93. The Morgan fingerprint density at radius 3 is 2.42 bits per heavy atom. The quantitative estimate of drug-likeness (QED) is 0.441. The molecule has 1 saturated heterocycles. The van der Waals surface area contributed by atoms with Crippen LogP contribution >= 0.6 is 11.6 Å². The van der Waals surface area contributed by atoms with E-state index in [9.17, 15) is 9.59 Å². The van der Waals surface area contributed by atoms with E-state index < -0.39 is 12.1 Å². The Hall–Kier alpha value is -3.39. The van der Waals surface area contributed by atoms with E-state index in [0.29, 0.717) is 24.5 Å². The molecule has 2 aliphatic heterocycles. The molecule has 0 saturated carbocycles. The number of benzene rings is 3. The van der Waals surface area contributed by atoms with Crippen molar-refractivity contribution in [3.8, 4) is 0 Å². The van der Waals surface area contributed by atoms with Crippen LogP contribution in [0.5, 0.6) is 0 Å². The zero-order valence-electron chi connectivity index (χ0n) is 23.3. The molecule has 2 amide bonds. The first kappa shape index (κ1) is 28.1. The Balaban J connectivity index is 1.30. The first-order chi connectivity index (χ1) is 19.4. The predicted octanol–water partition coefficient (Wildman–Crippen LogP) is 3.66. The molecule has 1 unspecified atom stereocenters. The van der Waals surface area contributed by atoms with E-state index in [1.54, 1.807) is 0 Å². The van der Waals surface area contributed by atoms with E-state index in [1.165, 1.54) is 16.8 Å². The summed E-state index contributed by atoms with van der Waals surface area (Å²) in [7, 11) is 4.15. The summed E-state index contributed by atoms with van der Waals surface area (Å²) < 4.78 is 0. The summed E-state index contributed by atoms with van der Waals surface area (Å²) in [5, 5.41) is 7.11. The third-order valence-electron chi connectivity index (χ3n) is 7.75. The van der Waals surface area contributed by atoms with Crippen LogP contribution < -0.4 is 15.5 Å². The van der Waals surface area contributed by atoms with Gasteiger partial charge < -0.3 is 25.3 Å². The molecular weight excluding hydrogens is 522 g/mol. The van der Waals surface area contributed by atoms with E-state index in [1.807, 2.05) is 47.4 Å². The van der Waals surface area contributed by atoms with Gasteiger partial charge in [-0.25, -0.2) is 0 Å². The molecule has 2 atom stereocenters. The van der Waals surface area contributed by atoms with Crippen LogP contribution in [-0.2, 0) is 29.0 Å². The van der Waals surface area contributed by atoms with Gasteiger partial charge in [0, 0.05) is 56.4 Å². The number of rotatable bonds is 8. The molecule has 210 valence electrons. The van der Waals surface area contributed by atoms with Crippen LogP contribution in [0.4, 0.5) is 5.69 Å². The number of hydrogen-bond donors (Lipinski definition) is 2. The molecule has 2 N–H and O–H groups in total. The molecule has 3 aromatic carbocycles. The van der Waals surface area contributed by atoms with Crippen LogP contribution in [0.25, 0.3) is 0 Å². The number of fused-ring (bicyclic) bond motifs is 1. The maximum Gasteiger partial charge on any atom is 0.245 e. The van der Waals surface area contributed by atoms with E-state index in [0.717, 1.165) is 43.7 Å². The number of nitrogens with zero attached hydrogens (tertiary/aromatic N) is 3. The van der Waals surface area contributed by atoms with Crippen LogP contribution in [0.3, 0.4) is 0 Å². The van der Waals surface area contributed by atoms with Crippen LogP contribution in [-0.4, -0.2) is 74.5 Å². The number of piperazine rings is 1. The van der Waals surface area contributed by atoms with Gasteiger partial charge in [-0.2, -0.15) is 0 Å². The topological polar surface area (TPSA) is 67.9 Å². The van der Waals surface area contributed by atoms with Gasteiger partial charge in [-0.05, 0) is 61.0 Å². The Labute approximate surface area is 242 Å². The Morgan fingerprint density at radius 2 is 1.68 bits per heavy atom. The second kappa shape index (κ2) is 12.9. The van der Waals surface area contributed by atoms with E-state index in [4.69, 9.17) is 11.6 Å². The minimum absolute atomic E-state index is 0.0476. The smallest absolute Gasteiger partial charge is 0.245 e. The summed E-state index contributed by atoms with van der Waals surface area (Å²) >= 11 is 6.11. The molecule has 40 heavy (non-hydrogen) atoms. The molecular formula is C32H38ClN5O2. The van der Waals surface area contributed by atoms with Crippen LogP contribution in [0.1, 0.15) is 28.3 Å². The summed E-state index contributed by atoms with van der Waals surface area (Å²) in [4.78, 5) is 33.9. The summed E-state index contributed by atoms with van der Waals surface area (Å²) in [6.07, 6.45) is 1.29. The van der Waals surface area contributed by atoms with Crippen molar-refractivity contribution in [3.05, 3.63) is 100 Å². The van der Waals surface area contributed by atoms with E-state index in [-0.39, 0.29) is 11.8 Å². The molecule has 2 heterocycles. The van der Waals surface area contributed by atoms with Gasteiger partial charge >= 0.3 is 0 Å². The number of carbonyl (C=O) groups is 2. The predicted molar refractivity (Wildman–Crippen MR) is 161 cm³/mol. The third kappa shape index (κ3) is 6.66. The summed E-state index contributed by atoms with van der Waals surface area (Å²) in [5.74, 6) is -0.218. The fourth-order valence-corrected chi connectivity index (χ4v) is 5.86. The fraction of sp³-hybridized carbons (Fsp3) is 0.375. The Bertz CT molecular complexity index is 1320. The largest absolute Gasteiger partial charge is 0.368 e. The first-order valence-corrected chi connectivity index (χ1v) is 14.4. The highest BCUT2D eigenvalue weighted by Crippen LogP contribution is 2.25. The van der Waals surface area contributed by atoms with Crippen molar-refractivity contribution in [2.75, 3.05) is 51.7 Å². The maximum atomic E-state index is 13.9. The average Bonchev–Trinajstić information content (AvgIpc) is 2.97. The zero-order chi connectivity index (χ0) is 28.1. The Morgan fingerprint density at radius 1 is 0.975 bits per heavy atom. The standard InChI is InChI=1S/C32H38ClN5O2/c1-36(2)22-25-8-4-6-10-29(25)37-17-19-38(20-18-37)32(40)28(21-23-11-13-26(33)14-12-23)35-31(39)30-27-9-5-3-7-24(27)15-16-34-30/h3-14,28,30,34H,15-22H2,1-2H3,(H,35,39)/t28-,30?/m1/s1. The second-order valence-electron chi connectivity index (χ2n) is 10.9. The molecule has 1 fully saturated rings. The molecule has 0 spiro atoms. The van der Waals surface area contributed by atoms with Gasteiger partial charge in [0.15, 0.2) is 0 Å². The molecule has 2 aliphatic rings. The first-order valence-electron chi connectivity index (χ1n) is 14.0. The molecule has 0 aromatic heterocycles. The van der Waals surface area contributed by atoms with Crippen molar-refractivity contribution in [2.45, 2.75) is 31.5 Å². The van der Waals surface area contributed by atoms with E-state index >= 15 is 0 Å². The number of halogens is 1. The molecule has 7 nitrogen and oxygen atoms in total. The number of carbonyl (C=O) groups excluding carboxylic acids is 2. The van der Waals surface area contributed by atoms with Crippen LogP contribution in [0.15, 0.2) is 72.8 Å². The number of amides is 2. The number of para-hydroxylation sites is 1. The summed E-state index contributed by atoms with van der Waals surface area (Å²) in [6.45, 7) is 4.29. The van der Waals surface area contributed by atoms with Crippen LogP contribution in [0, 0.1) is 0 Å². The third-order valence-corrected chi connectivity index (χ3v) is 8.00. The van der Waals surface area contributed by atoms with Gasteiger partial charge in [-0.15, -0.1) is 0 Å². The average molecular weight is 560 g/mol. The van der Waals surface area contributed by atoms with Gasteiger partial charge in [-0.3, -0.25) is 9.59 Å². The molecule has 0 bridgehead atoms. The summed E-state index contributed by atoms with van der Waals surface area (Å²) in [5.41, 5.74) is 5.61. The van der Waals surface area contributed by atoms with Gasteiger partial charge in [0.25, 0.3) is 0 Å². The highest BCUT2D eigenvalue weighted by Gasteiger charge is 2.33. The van der Waals surface area contributed by atoms with Crippen molar-refractivity contribution in [1.29, 1.82) is 0 Å². The fourth-order valence-electron chi connectivity index (χ4n) is 5.73. The number of anilines is 1. The highest BCUT2D eigenvalue weighted by molar-refractivity contribution is 6.30. The molecule has 3 aromatic rings. The number of nitrogens with one attached hydrogen (secondary N) is 2. The van der Waals surface area contributed by atoms with Crippen molar-refractivity contribution in [2.24, 2.45) is 0 Å². The van der Waals surface area contributed by atoms with Crippen LogP contribution in [0.2, 0.25) is 5.02 Å². The highest BCUT2D eigenvalue weighted by atomic mass is 35.5. The Kier molecular flexibility index (Phi) is 9.04. The lowest BCUT2D eigenvalue weighted by molar-refractivity contribution is -0.137. The monoisotopic (exact) mass is 559 g/mol. The van der Waals surface area contributed by atoms with Gasteiger partial charge in [-0.1, -0.05) is 66.2 Å².